The van der Waals surface area contributed by atoms with Gasteiger partial charge in [0.1, 0.15) is 5.75 Å². The van der Waals surface area contributed by atoms with E-state index in [1.54, 1.807) is 13.0 Å². The van der Waals surface area contributed by atoms with Gasteiger partial charge in [-0.05, 0) is 37.3 Å². The summed E-state index contributed by atoms with van der Waals surface area (Å²) >= 11 is 4.59. The summed E-state index contributed by atoms with van der Waals surface area (Å²) in [4.78, 5) is 12.2. The van der Waals surface area contributed by atoms with Crippen molar-refractivity contribution in [1.29, 1.82) is 0 Å². The minimum absolute atomic E-state index is 0.103. The first-order chi connectivity index (χ1) is 10.7. The van der Waals surface area contributed by atoms with Gasteiger partial charge >= 0.3 is 0 Å². The van der Waals surface area contributed by atoms with Crippen LogP contribution in [0.15, 0.2) is 24.3 Å². The zero-order chi connectivity index (χ0) is 17.3. The number of rotatable bonds is 2. The fourth-order valence-corrected chi connectivity index (χ4v) is 2.22. The molecule has 0 saturated carbocycles. The maximum atomic E-state index is 12.2. The van der Waals surface area contributed by atoms with E-state index in [1.165, 1.54) is 12.1 Å². The lowest BCUT2D eigenvalue weighted by Crippen LogP contribution is -2.35. The summed E-state index contributed by atoms with van der Waals surface area (Å²) in [6.07, 6.45) is 0. The van der Waals surface area contributed by atoms with Gasteiger partial charge in [-0.25, -0.2) is 0 Å². The van der Waals surface area contributed by atoms with E-state index in [0.29, 0.717) is 0 Å². The van der Waals surface area contributed by atoms with Crippen LogP contribution < -0.4 is 11.1 Å². The second-order valence-corrected chi connectivity index (χ2v) is 5.29. The predicted octanol–water partition coefficient (Wildman–Crippen LogP) is 1.46. The van der Waals surface area contributed by atoms with Gasteiger partial charge in [0.2, 0.25) is 5.75 Å². The molecular weight excluding hydrogens is 320 g/mol. The van der Waals surface area contributed by atoms with Gasteiger partial charge in [-0.3, -0.25) is 10.1 Å². The molecule has 0 saturated heterocycles. The predicted molar refractivity (Wildman–Crippen MR) is 87.5 cm³/mol. The Labute approximate surface area is 136 Å². The number of hydrogen-bond acceptors (Lipinski definition) is 6. The second kappa shape index (κ2) is 6.01. The molecule has 2 rings (SSSR count). The Hall–Kier alpha value is -3.00. The molecule has 0 aliphatic carbocycles. The number of aromatic hydroxyl groups is 4. The zero-order valence-corrected chi connectivity index (χ0v) is 12.8. The van der Waals surface area contributed by atoms with Gasteiger partial charge in [-0.2, -0.15) is 0 Å². The van der Waals surface area contributed by atoms with Crippen molar-refractivity contribution in [3.63, 3.8) is 0 Å². The highest BCUT2D eigenvalue weighted by molar-refractivity contribution is 7.80. The number of carbonyl (C=O) groups is 1. The Morgan fingerprint density at radius 3 is 2.35 bits per heavy atom. The number of hydrogen-bond donors (Lipinski definition) is 6. The molecule has 8 heteroatoms. The fourth-order valence-electron chi connectivity index (χ4n) is 2.13. The van der Waals surface area contributed by atoms with Crippen molar-refractivity contribution in [2.24, 2.45) is 5.73 Å². The topological polar surface area (TPSA) is 136 Å². The minimum atomic E-state index is -0.812. The number of nitrogens with one attached hydrogen (secondary N) is 1. The number of carbonyl (C=O) groups excluding carboxylic acids is 1. The highest BCUT2D eigenvalue weighted by Crippen LogP contribution is 2.47. The van der Waals surface area contributed by atoms with Crippen molar-refractivity contribution in [2.45, 2.75) is 6.92 Å². The van der Waals surface area contributed by atoms with Crippen molar-refractivity contribution in [2.75, 3.05) is 0 Å². The Kier molecular flexibility index (Phi) is 4.28. The van der Waals surface area contributed by atoms with Crippen LogP contribution in [0.5, 0.6) is 23.0 Å². The molecule has 120 valence electrons. The van der Waals surface area contributed by atoms with E-state index in [0.717, 1.165) is 11.6 Å². The molecule has 1 amide bonds. The summed E-state index contributed by atoms with van der Waals surface area (Å²) in [5.74, 6) is -3.29. The molecule has 0 fully saturated rings. The summed E-state index contributed by atoms with van der Waals surface area (Å²) in [6, 6.07) is 5.46. The average molecular weight is 334 g/mol. The Bertz CT molecular complexity index is 820. The van der Waals surface area contributed by atoms with Gasteiger partial charge in [-0.1, -0.05) is 11.6 Å². The smallest absolute Gasteiger partial charge is 0.258 e. The van der Waals surface area contributed by atoms with Crippen molar-refractivity contribution >= 4 is 23.2 Å². The van der Waals surface area contributed by atoms with Crippen LogP contribution >= 0.6 is 12.2 Å². The quantitative estimate of drug-likeness (QED) is 0.361. The number of phenols is 4. The summed E-state index contributed by atoms with van der Waals surface area (Å²) in [7, 11) is 0. The molecule has 0 unspecified atom stereocenters. The van der Waals surface area contributed by atoms with Crippen LogP contribution in [0.2, 0.25) is 0 Å². The van der Waals surface area contributed by atoms with Crippen LogP contribution in [-0.2, 0) is 0 Å². The average Bonchev–Trinajstić information content (AvgIpc) is 2.46. The van der Waals surface area contributed by atoms with Crippen LogP contribution in [-0.4, -0.2) is 31.4 Å². The van der Waals surface area contributed by atoms with E-state index in [9.17, 15) is 25.2 Å². The van der Waals surface area contributed by atoms with Crippen molar-refractivity contribution in [1.82, 2.24) is 5.32 Å². The van der Waals surface area contributed by atoms with E-state index in [-0.39, 0.29) is 27.6 Å². The second-order valence-electron chi connectivity index (χ2n) is 4.85. The standard InChI is InChI=1S/C15H14N2O5S/c1-6-2-3-9(18)7(4-6)11-8(14(22)17-15(16)23)5-10(19)12(20)13(11)21/h2-5,18-21H,1H3,(H3,16,17,22,23). The summed E-state index contributed by atoms with van der Waals surface area (Å²) in [5.41, 5.74) is 5.73. The third kappa shape index (κ3) is 3.11. The largest absolute Gasteiger partial charge is 0.507 e. The Balaban J connectivity index is 2.79. The lowest BCUT2D eigenvalue weighted by atomic mass is 9.95. The van der Waals surface area contributed by atoms with Crippen molar-refractivity contribution in [3.8, 4) is 34.1 Å². The van der Waals surface area contributed by atoms with Crippen molar-refractivity contribution in [3.05, 3.63) is 35.4 Å². The Morgan fingerprint density at radius 2 is 1.74 bits per heavy atom. The van der Waals surface area contributed by atoms with Gasteiger partial charge in [0, 0.05) is 11.1 Å². The first-order valence-electron chi connectivity index (χ1n) is 6.41. The molecule has 7 nitrogen and oxygen atoms in total. The van der Waals surface area contributed by atoms with E-state index in [4.69, 9.17) is 5.73 Å². The zero-order valence-electron chi connectivity index (χ0n) is 12.0. The van der Waals surface area contributed by atoms with Crippen LogP contribution in [0.4, 0.5) is 0 Å². The number of aryl methyl sites for hydroxylation is 1. The maximum Gasteiger partial charge on any atom is 0.258 e. The molecule has 7 N–H and O–H groups in total. The number of thiocarbonyl (C=S) groups is 1. The highest BCUT2D eigenvalue weighted by atomic mass is 32.1. The maximum absolute atomic E-state index is 12.2. The summed E-state index contributed by atoms with van der Waals surface area (Å²) in [6.45, 7) is 1.75. The lowest BCUT2D eigenvalue weighted by molar-refractivity contribution is 0.0977. The molecule has 0 heterocycles. The van der Waals surface area contributed by atoms with E-state index in [1.807, 2.05) is 0 Å². The van der Waals surface area contributed by atoms with Crippen LogP contribution in [0.1, 0.15) is 15.9 Å². The van der Waals surface area contributed by atoms with Crippen LogP contribution in [0.25, 0.3) is 11.1 Å². The Morgan fingerprint density at radius 1 is 1.09 bits per heavy atom. The number of amides is 1. The molecule has 0 radical (unpaired) electrons. The highest BCUT2D eigenvalue weighted by Gasteiger charge is 2.24. The third-order valence-electron chi connectivity index (χ3n) is 3.16. The first-order valence-corrected chi connectivity index (χ1v) is 6.81. The van der Waals surface area contributed by atoms with Gasteiger partial charge in [-0.15, -0.1) is 0 Å². The monoisotopic (exact) mass is 334 g/mol. The summed E-state index contributed by atoms with van der Waals surface area (Å²) < 4.78 is 0. The lowest BCUT2D eigenvalue weighted by Gasteiger charge is -2.15. The normalized spacial score (nSPS) is 10.3. The van der Waals surface area contributed by atoms with E-state index in [2.05, 4.69) is 17.5 Å². The number of nitrogens with two attached hydrogens (primary N) is 1. The number of phenolic OH excluding ortho intramolecular Hbond substituents is 4. The molecule has 23 heavy (non-hydrogen) atoms. The van der Waals surface area contributed by atoms with Gasteiger partial charge in [0.25, 0.3) is 5.91 Å². The summed E-state index contributed by atoms with van der Waals surface area (Å²) in [5, 5.41) is 41.4. The SMILES string of the molecule is Cc1ccc(O)c(-c2c(C(=O)NC(N)=S)cc(O)c(O)c2O)c1. The molecular formula is C15H14N2O5S. The van der Waals surface area contributed by atoms with E-state index < -0.39 is 23.2 Å². The van der Waals surface area contributed by atoms with Crippen molar-refractivity contribution < 1.29 is 25.2 Å². The number of benzene rings is 2. The molecule has 0 spiro atoms. The van der Waals surface area contributed by atoms with Crippen LogP contribution in [0.3, 0.4) is 0 Å². The molecule has 2 aromatic carbocycles. The first kappa shape index (κ1) is 16.4. The molecule has 0 aliphatic rings. The van der Waals surface area contributed by atoms with E-state index >= 15 is 0 Å². The minimum Gasteiger partial charge on any atom is -0.507 e. The molecule has 0 aromatic heterocycles. The third-order valence-corrected chi connectivity index (χ3v) is 3.26. The van der Waals surface area contributed by atoms with Gasteiger partial charge in [0.05, 0.1) is 5.56 Å². The fraction of sp³-hybridized carbons (Fsp3) is 0.0667. The molecule has 0 bridgehead atoms. The molecule has 2 aromatic rings. The van der Waals surface area contributed by atoms with Gasteiger partial charge < -0.3 is 26.2 Å². The molecule has 0 aliphatic heterocycles. The molecule has 0 atom stereocenters. The van der Waals surface area contributed by atoms with Crippen LogP contribution in [0, 0.1) is 6.92 Å². The van der Waals surface area contributed by atoms with Gasteiger partial charge in [0.15, 0.2) is 16.6 Å².